The minimum Gasteiger partial charge on any atom is -0.496 e. The summed E-state index contributed by atoms with van der Waals surface area (Å²) in [5, 5.41) is 3.14. The number of carbonyl (C=O) groups is 2. The monoisotopic (exact) mass is 333 g/mol. The molecule has 2 aromatic carbocycles. The highest BCUT2D eigenvalue weighted by molar-refractivity contribution is 6.30. The fourth-order valence-electron chi connectivity index (χ4n) is 1.90. The molecule has 1 N–H and O–H groups in total. The SMILES string of the molecule is COc1ccccc1C(=O)O[C@@H](C)C(=O)Nc1cccc(Cl)c1. The normalized spacial score (nSPS) is 11.4. The third kappa shape index (κ3) is 4.47. The number of carbonyl (C=O) groups excluding carboxylic acids is 2. The Labute approximate surface area is 139 Å². The number of halogens is 1. The highest BCUT2D eigenvalue weighted by atomic mass is 35.5. The third-order valence-electron chi connectivity index (χ3n) is 3.07. The molecule has 2 aromatic rings. The molecule has 0 saturated heterocycles. The van der Waals surface area contributed by atoms with Crippen LogP contribution in [0, 0.1) is 0 Å². The number of benzene rings is 2. The molecule has 0 aliphatic heterocycles. The molecule has 6 heteroatoms. The van der Waals surface area contributed by atoms with Crippen molar-refractivity contribution in [1.82, 2.24) is 0 Å². The van der Waals surface area contributed by atoms with Crippen molar-refractivity contribution in [2.24, 2.45) is 0 Å². The summed E-state index contributed by atoms with van der Waals surface area (Å²) in [5.41, 5.74) is 0.792. The number of nitrogens with one attached hydrogen (secondary N) is 1. The van der Waals surface area contributed by atoms with E-state index >= 15 is 0 Å². The van der Waals surface area contributed by atoms with Crippen LogP contribution in [-0.4, -0.2) is 25.1 Å². The second-order valence-electron chi connectivity index (χ2n) is 4.75. The first-order valence-corrected chi connectivity index (χ1v) is 7.29. The van der Waals surface area contributed by atoms with Gasteiger partial charge < -0.3 is 14.8 Å². The molecule has 120 valence electrons. The van der Waals surface area contributed by atoms with E-state index in [4.69, 9.17) is 21.1 Å². The van der Waals surface area contributed by atoms with E-state index < -0.39 is 18.0 Å². The highest BCUT2D eigenvalue weighted by Gasteiger charge is 2.21. The molecule has 0 saturated carbocycles. The van der Waals surface area contributed by atoms with E-state index in [1.54, 1.807) is 48.5 Å². The zero-order valence-corrected chi connectivity index (χ0v) is 13.5. The number of hydrogen-bond acceptors (Lipinski definition) is 4. The largest absolute Gasteiger partial charge is 0.496 e. The molecule has 5 nitrogen and oxygen atoms in total. The van der Waals surface area contributed by atoms with Gasteiger partial charge in [0.05, 0.1) is 7.11 Å². The zero-order valence-electron chi connectivity index (χ0n) is 12.7. The zero-order chi connectivity index (χ0) is 16.8. The lowest BCUT2D eigenvalue weighted by atomic mass is 10.2. The van der Waals surface area contributed by atoms with Crippen LogP contribution >= 0.6 is 11.6 Å². The van der Waals surface area contributed by atoms with Gasteiger partial charge in [-0.25, -0.2) is 4.79 Å². The molecule has 0 fully saturated rings. The Morgan fingerprint density at radius 3 is 2.57 bits per heavy atom. The van der Waals surface area contributed by atoms with Crippen molar-refractivity contribution in [2.45, 2.75) is 13.0 Å². The van der Waals surface area contributed by atoms with Crippen molar-refractivity contribution < 1.29 is 19.1 Å². The first-order valence-electron chi connectivity index (χ1n) is 6.91. The highest BCUT2D eigenvalue weighted by Crippen LogP contribution is 2.19. The van der Waals surface area contributed by atoms with Crippen LogP contribution in [0.4, 0.5) is 5.69 Å². The van der Waals surface area contributed by atoms with Gasteiger partial charge in [-0.2, -0.15) is 0 Å². The smallest absolute Gasteiger partial charge is 0.342 e. The van der Waals surface area contributed by atoms with E-state index in [1.165, 1.54) is 14.0 Å². The Morgan fingerprint density at radius 2 is 1.87 bits per heavy atom. The number of rotatable bonds is 5. The Balaban J connectivity index is 2.01. The molecule has 1 atom stereocenters. The van der Waals surface area contributed by atoms with Crippen LogP contribution < -0.4 is 10.1 Å². The summed E-state index contributed by atoms with van der Waals surface area (Å²) in [5.74, 6) is -0.688. The Kier molecular flexibility index (Phi) is 5.60. The maximum absolute atomic E-state index is 12.1. The topological polar surface area (TPSA) is 64.6 Å². The first kappa shape index (κ1) is 16.8. The van der Waals surface area contributed by atoms with Gasteiger partial charge in [-0.15, -0.1) is 0 Å². The standard InChI is InChI=1S/C17H16ClNO4/c1-11(16(20)19-13-7-5-6-12(18)10-13)23-17(21)14-8-3-4-9-15(14)22-2/h3-11H,1-2H3,(H,19,20)/t11-/m0/s1. The molecule has 0 bridgehead atoms. The Hall–Kier alpha value is -2.53. The average Bonchev–Trinajstić information content (AvgIpc) is 2.54. The molecule has 0 aliphatic carbocycles. The summed E-state index contributed by atoms with van der Waals surface area (Å²) >= 11 is 5.86. The first-order chi connectivity index (χ1) is 11.0. The van der Waals surface area contributed by atoms with Gasteiger partial charge in [-0.1, -0.05) is 29.8 Å². The second-order valence-corrected chi connectivity index (χ2v) is 5.18. The van der Waals surface area contributed by atoms with E-state index in [0.29, 0.717) is 16.5 Å². The van der Waals surface area contributed by atoms with Crippen molar-refractivity contribution >= 4 is 29.2 Å². The van der Waals surface area contributed by atoms with Gasteiger partial charge in [0.1, 0.15) is 11.3 Å². The number of amides is 1. The van der Waals surface area contributed by atoms with Gasteiger partial charge in [0.2, 0.25) is 0 Å². The molecule has 0 aromatic heterocycles. The van der Waals surface area contributed by atoms with Crippen molar-refractivity contribution in [2.75, 3.05) is 12.4 Å². The van der Waals surface area contributed by atoms with E-state index in [-0.39, 0.29) is 5.56 Å². The van der Waals surface area contributed by atoms with Crippen LogP contribution in [0.1, 0.15) is 17.3 Å². The molecule has 0 spiro atoms. The van der Waals surface area contributed by atoms with Gasteiger partial charge in [0.15, 0.2) is 6.10 Å². The number of ether oxygens (including phenoxy) is 2. The lowest BCUT2D eigenvalue weighted by molar-refractivity contribution is -0.123. The van der Waals surface area contributed by atoms with Crippen molar-refractivity contribution in [3.8, 4) is 5.75 Å². The van der Waals surface area contributed by atoms with E-state index in [9.17, 15) is 9.59 Å². The summed E-state index contributed by atoms with van der Waals surface area (Å²) in [6, 6.07) is 13.4. The van der Waals surface area contributed by atoms with Gasteiger partial charge >= 0.3 is 5.97 Å². The maximum atomic E-state index is 12.1. The predicted octanol–water partition coefficient (Wildman–Crippen LogP) is 3.53. The quantitative estimate of drug-likeness (QED) is 0.850. The summed E-state index contributed by atoms with van der Waals surface area (Å²) < 4.78 is 10.3. The molecule has 0 unspecified atom stereocenters. The van der Waals surface area contributed by atoms with Crippen LogP contribution in [0.5, 0.6) is 5.75 Å². The number of esters is 1. The third-order valence-corrected chi connectivity index (χ3v) is 3.31. The van der Waals surface area contributed by atoms with Crippen LogP contribution in [0.3, 0.4) is 0 Å². The molecular weight excluding hydrogens is 318 g/mol. The van der Waals surface area contributed by atoms with Gasteiger partial charge in [-0.05, 0) is 37.3 Å². The molecule has 23 heavy (non-hydrogen) atoms. The molecular formula is C17H16ClNO4. The van der Waals surface area contributed by atoms with E-state index in [2.05, 4.69) is 5.32 Å². The number of methoxy groups -OCH3 is 1. The fraction of sp³-hybridized carbons (Fsp3) is 0.176. The molecule has 2 rings (SSSR count). The van der Waals surface area contributed by atoms with Crippen LogP contribution in [-0.2, 0) is 9.53 Å². The van der Waals surface area contributed by atoms with Crippen molar-refractivity contribution in [3.63, 3.8) is 0 Å². The van der Waals surface area contributed by atoms with Crippen molar-refractivity contribution in [1.29, 1.82) is 0 Å². The van der Waals surface area contributed by atoms with Crippen LogP contribution in [0.2, 0.25) is 5.02 Å². The summed E-state index contributed by atoms with van der Waals surface area (Å²) in [4.78, 5) is 24.2. The second kappa shape index (κ2) is 7.65. The summed E-state index contributed by atoms with van der Waals surface area (Å²) in [6.07, 6.45) is -0.966. The lowest BCUT2D eigenvalue weighted by Gasteiger charge is -2.14. The number of hydrogen-bond donors (Lipinski definition) is 1. The molecule has 0 heterocycles. The van der Waals surface area contributed by atoms with E-state index in [1.807, 2.05) is 0 Å². The number of para-hydroxylation sites is 1. The summed E-state index contributed by atoms with van der Waals surface area (Å²) in [6.45, 7) is 1.49. The minimum absolute atomic E-state index is 0.261. The van der Waals surface area contributed by atoms with Gasteiger partial charge in [0.25, 0.3) is 5.91 Å². The van der Waals surface area contributed by atoms with E-state index in [0.717, 1.165) is 0 Å². The minimum atomic E-state index is -0.966. The van der Waals surface area contributed by atoms with Crippen molar-refractivity contribution in [3.05, 3.63) is 59.1 Å². The Morgan fingerprint density at radius 1 is 1.13 bits per heavy atom. The average molecular weight is 334 g/mol. The molecule has 0 radical (unpaired) electrons. The van der Waals surface area contributed by atoms with Gasteiger partial charge in [0, 0.05) is 10.7 Å². The lowest BCUT2D eigenvalue weighted by Crippen LogP contribution is -2.30. The molecule has 1 amide bonds. The maximum Gasteiger partial charge on any atom is 0.342 e. The number of anilines is 1. The molecule has 0 aliphatic rings. The summed E-state index contributed by atoms with van der Waals surface area (Å²) in [7, 11) is 1.46. The van der Waals surface area contributed by atoms with Crippen LogP contribution in [0.25, 0.3) is 0 Å². The Bertz CT molecular complexity index is 717. The predicted molar refractivity (Wildman–Crippen MR) is 88.0 cm³/mol. The van der Waals surface area contributed by atoms with Gasteiger partial charge in [-0.3, -0.25) is 4.79 Å². The van der Waals surface area contributed by atoms with Crippen LogP contribution in [0.15, 0.2) is 48.5 Å². The fourth-order valence-corrected chi connectivity index (χ4v) is 2.09.